The average Bonchev–Trinajstić information content (AvgIpc) is 2.96. The molecule has 1 N–H and O–H groups in total. The van der Waals surface area contributed by atoms with E-state index in [1.165, 1.54) is 12.1 Å². The van der Waals surface area contributed by atoms with E-state index in [0.29, 0.717) is 35.2 Å². The summed E-state index contributed by atoms with van der Waals surface area (Å²) in [4.78, 5) is 25.6. The third-order valence-electron chi connectivity index (χ3n) is 8.94. The zero-order valence-corrected chi connectivity index (χ0v) is 30.2. The van der Waals surface area contributed by atoms with Gasteiger partial charge in [0.1, 0.15) is 23.2 Å². The molecule has 0 unspecified atom stereocenters. The van der Waals surface area contributed by atoms with Crippen molar-refractivity contribution in [2.24, 2.45) is 0 Å². The van der Waals surface area contributed by atoms with Crippen LogP contribution in [0.1, 0.15) is 63.2 Å². The molecule has 4 aromatic rings. The van der Waals surface area contributed by atoms with Gasteiger partial charge >= 0.3 is 0 Å². The first-order valence-electron chi connectivity index (χ1n) is 15.7. The van der Waals surface area contributed by atoms with Crippen LogP contribution >= 0.6 is 0 Å². The smallest absolute Gasteiger partial charge is 0.273 e. The number of aryl methyl sites for hydroxylation is 1. The molecular formula is C36H46F3N5O2Si. The molecule has 0 saturated heterocycles. The second-order valence-electron chi connectivity index (χ2n) is 14.0. The first-order chi connectivity index (χ1) is 21.7. The van der Waals surface area contributed by atoms with Crippen molar-refractivity contribution >= 4 is 42.3 Å². The van der Waals surface area contributed by atoms with Gasteiger partial charge in [-0.2, -0.15) is 0 Å². The van der Waals surface area contributed by atoms with Crippen LogP contribution in [0.2, 0.25) is 18.1 Å². The number of anilines is 3. The lowest BCUT2D eigenvalue weighted by molar-refractivity contribution is -0.127. The Balaban J connectivity index is 1.73. The highest BCUT2D eigenvalue weighted by atomic mass is 28.4. The van der Waals surface area contributed by atoms with Crippen molar-refractivity contribution in [3.8, 4) is 5.75 Å². The third kappa shape index (κ3) is 7.89. The van der Waals surface area contributed by atoms with Crippen LogP contribution in [-0.2, 0) is 17.1 Å². The number of amides is 1. The van der Waals surface area contributed by atoms with Crippen molar-refractivity contribution in [2.75, 3.05) is 31.4 Å². The summed E-state index contributed by atoms with van der Waals surface area (Å²) in [6.07, 6.45) is 0.192. The number of benzene rings is 3. The number of halogens is 3. The number of carbonyl (C=O) groups excluding carboxylic acids is 1. The van der Waals surface area contributed by atoms with Crippen LogP contribution in [-0.4, -0.2) is 50.2 Å². The molecule has 1 heterocycles. The van der Waals surface area contributed by atoms with E-state index in [9.17, 15) is 13.6 Å². The summed E-state index contributed by atoms with van der Waals surface area (Å²) in [5.41, 5.74) is 2.61. The van der Waals surface area contributed by atoms with E-state index in [1.54, 1.807) is 32.8 Å². The molecular weight excluding hydrogens is 620 g/mol. The molecule has 0 spiro atoms. The summed E-state index contributed by atoms with van der Waals surface area (Å²) >= 11 is 0. The molecule has 0 saturated carbocycles. The maximum atomic E-state index is 15.2. The van der Waals surface area contributed by atoms with Crippen molar-refractivity contribution < 1.29 is 22.4 Å². The van der Waals surface area contributed by atoms with Crippen LogP contribution in [0.5, 0.6) is 5.75 Å². The lowest BCUT2D eigenvalue weighted by Gasteiger charge is -2.37. The van der Waals surface area contributed by atoms with Crippen LogP contribution in [0.15, 0.2) is 54.6 Å². The second kappa shape index (κ2) is 13.2. The molecule has 7 nitrogen and oxygen atoms in total. The number of alkyl halides is 2. The molecule has 0 fully saturated rings. The molecule has 1 atom stereocenters. The summed E-state index contributed by atoms with van der Waals surface area (Å²) in [6.45, 7) is 15.1. The van der Waals surface area contributed by atoms with E-state index in [2.05, 4.69) is 49.1 Å². The van der Waals surface area contributed by atoms with E-state index < -0.39 is 31.7 Å². The normalized spacial score (nSPS) is 13.0. The van der Waals surface area contributed by atoms with Crippen molar-refractivity contribution in [1.29, 1.82) is 0 Å². The first kappa shape index (κ1) is 35.7. The largest absolute Gasteiger partial charge is 0.543 e. The van der Waals surface area contributed by atoms with Gasteiger partial charge in [-0.1, -0.05) is 39.0 Å². The fourth-order valence-corrected chi connectivity index (χ4v) is 6.02. The number of aromatic nitrogens is 2. The molecule has 0 aliphatic heterocycles. The molecule has 0 radical (unpaired) electrons. The highest BCUT2D eigenvalue weighted by Crippen LogP contribution is 2.40. The lowest BCUT2D eigenvalue weighted by Crippen LogP contribution is -2.44. The summed E-state index contributed by atoms with van der Waals surface area (Å²) in [5, 5.41) is 3.91. The molecule has 252 valence electrons. The Morgan fingerprint density at radius 1 is 0.979 bits per heavy atom. The minimum atomic E-state index is -3.31. The predicted octanol–water partition coefficient (Wildman–Crippen LogP) is 9.14. The number of rotatable bonds is 10. The highest BCUT2D eigenvalue weighted by molar-refractivity contribution is 6.74. The monoisotopic (exact) mass is 665 g/mol. The Bertz CT molecular complexity index is 1780. The van der Waals surface area contributed by atoms with E-state index in [0.717, 1.165) is 23.0 Å². The Hall–Kier alpha value is -4.12. The zero-order chi connectivity index (χ0) is 35.1. The van der Waals surface area contributed by atoms with Crippen molar-refractivity contribution in [1.82, 2.24) is 14.9 Å². The Kier molecular flexibility index (Phi) is 10.0. The number of hydrogen-bond acceptors (Lipinski definition) is 6. The fourth-order valence-electron chi connectivity index (χ4n) is 4.97. The van der Waals surface area contributed by atoms with Gasteiger partial charge in [0.15, 0.2) is 0 Å². The molecule has 0 bridgehead atoms. The quantitative estimate of drug-likeness (QED) is 0.170. The molecule has 1 amide bonds. The van der Waals surface area contributed by atoms with Gasteiger partial charge in [0.2, 0.25) is 14.2 Å². The van der Waals surface area contributed by atoms with Gasteiger partial charge < -0.3 is 19.5 Å². The van der Waals surface area contributed by atoms with Gasteiger partial charge in [-0.3, -0.25) is 4.79 Å². The van der Waals surface area contributed by atoms with Crippen LogP contribution in [0, 0.1) is 12.7 Å². The van der Waals surface area contributed by atoms with Crippen LogP contribution < -0.4 is 14.6 Å². The number of carbonyl (C=O) groups is 1. The van der Waals surface area contributed by atoms with Gasteiger partial charge in [0, 0.05) is 56.0 Å². The molecule has 3 aromatic carbocycles. The fraction of sp³-hybridized carbons (Fsp3) is 0.417. The number of nitrogens with one attached hydrogen (secondary N) is 1. The Morgan fingerprint density at radius 3 is 2.23 bits per heavy atom. The number of likely N-dealkylation sites (N-methyl/N-ethyl adjacent to an activating group) is 1. The summed E-state index contributed by atoms with van der Waals surface area (Å²) in [5.74, 6) is -2.61. The van der Waals surface area contributed by atoms with Crippen molar-refractivity contribution in [2.45, 2.75) is 78.1 Å². The number of hydrogen-bond donors (Lipinski definition) is 1. The maximum absolute atomic E-state index is 15.2. The summed E-state index contributed by atoms with van der Waals surface area (Å²) < 4.78 is 50.0. The third-order valence-corrected chi connectivity index (χ3v) is 13.3. The van der Waals surface area contributed by atoms with E-state index in [1.807, 2.05) is 48.3 Å². The Morgan fingerprint density at radius 2 is 1.62 bits per heavy atom. The highest BCUT2D eigenvalue weighted by Gasteiger charge is 2.39. The summed E-state index contributed by atoms with van der Waals surface area (Å²) in [6, 6.07) is 15.0. The maximum Gasteiger partial charge on any atom is 0.273 e. The van der Waals surface area contributed by atoms with Crippen LogP contribution in [0.25, 0.3) is 10.9 Å². The minimum absolute atomic E-state index is 0.0182. The first-order valence-corrected chi connectivity index (χ1v) is 18.6. The van der Waals surface area contributed by atoms with E-state index in [4.69, 9.17) is 4.43 Å². The van der Waals surface area contributed by atoms with Gasteiger partial charge in [-0.15, -0.1) is 0 Å². The number of fused-ring (bicyclic) bond motifs is 1. The predicted molar refractivity (Wildman–Crippen MR) is 187 cm³/mol. The molecule has 11 heteroatoms. The van der Waals surface area contributed by atoms with Gasteiger partial charge in [-0.05, 0) is 68.4 Å². The second-order valence-corrected chi connectivity index (χ2v) is 18.7. The van der Waals surface area contributed by atoms with E-state index in [-0.39, 0.29) is 22.9 Å². The molecule has 1 aromatic heterocycles. The molecule has 47 heavy (non-hydrogen) atoms. The topological polar surface area (TPSA) is 70.6 Å². The van der Waals surface area contributed by atoms with Crippen LogP contribution in [0.3, 0.4) is 0 Å². The molecule has 0 aliphatic carbocycles. The van der Waals surface area contributed by atoms with Crippen molar-refractivity contribution in [3.63, 3.8) is 0 Å². The lowest BCUT2D eigenvalue weighted by atomic mass is 10.0. The Labute approximate surface area is 277 Å². The molecule has 0 aliphatic rings. The van der Waals surface area contributed by atoms with E-state index >= 15 is 4.39 Å². The average molecular weight is 666 g/mol. The van der Waals surface area contributed by atoms with Crippen LogP contribution in [0.4, 0.5) is 30.4 Å². The standard InChI is InChI=1S/C36H46F3N5O2Si/c1-22(27-13-12-14-29(33(27)37)36(6,38)39)40-34-28-21-26(15-17-30(28)41-23(2)42-34)44(9)25-16-18-31(46-47(10,11)35(3,4)5)24(19-25)20-32(45)43(7)8/h12-19,21-22H,20H2,1-11H3,(H,40,41,42)/t22-/m1/s1. The van der Waals surface area contributed by atoms with Gasteiger partial charge in [-0.25, -0.2) is 23.1 Å². The number of nitrogens with zero attached hydrogens (tertiary/aromatic N) is 4. The van der Waals surface area contributed by atoms with Crippen molar-refractivity contribution in [3.05, 3.63) is 82.9 Å². The minimum Gasteiger partial charge on any atom is -0.543 e. The van der Waals surface area contributed by atoms with Gasteiger partial charge in [0.05, 0.1) is 23.5 Å². The van der Waals surface area contributed by atoms with Gasteiger partial charge in [0.25, 0.3) is 5.92 Å². The summed E-state index contributed by atoms with van der Waals surface area (Å²) in [7, 11) is 3.23. The molecule has 4 rings (SSSR count). The SMILES string of the molecule is Cc1nc(N[C@H](C)c2cccc(C(C)(F)F)c2F)c2cc(N(C)c3ccc(O[Si](C)(C)C(C)(C)C)c(CC(=O)N(C)C)c3)ccc2n1. The zero-order valence-electron chi connectivity index (χ0n) is 29.2.